The fraction of sp³-hybridized carbons (Fsp3) is 0.533. The molecule has 2 aliphatic heterocycles. The Labute approximate surface area is 133 Å². The lowest BCUT2D eigenvalue weighted by Gasteiger charge is -2.24. The third-order valence-electron chi connectivity index (χ3n) is 4.06. The zero-order chi connectivity index (χ0) is 15.7. The average molecular weight is 329 g/mol. The number of benzene rings is 1. The number of hydrogen-bond donors (Lipinski definition) is 1. The van der Waals surface area contributed by atoms with Crippen molar-refractivity contribution >= 4 is 17.6 Å². The molecular weight excluding hydrogens is 311 g/mol. The van der Waals surface area contributed by atoms with Gasteiger partial charge in [-0.15, -0.1) is 0 Å². The molecule has 2 amide bonds. The molecule has 3 rings (SSSR count). The predicted octanol–water partition coefficient (Wildman–Crippen LogP) is 2.70. The molecule has 120 valence electrons. The van der Waals surface area contributed by atoms with E-state index in [2.05, 4.69) is 5.32 Å². The maximum atomic E-state index is 13.1. The fourth-order valence-electron chi connectivity index (χ4n) is 2.87. The molecule has 0 aromatic heterocycles. The normalized spacial score (nSPS) is 21.3. The quantitative estimate of drug-likeness (QED) is 0.908. The molecule has 1 unspecified atom stereocenters. The van der Waals surface area contributed by atoms with Crippen molar-refractivity contribution in [2.75, 3.05) is 26.3 Å². The van der Waals surface area contributed by atoms with Crippen LogP contribution in [0.4, 0.5) is 9.18 Å². The number of carbonyl (C=O) groups excluding carboxylic acids is 1. The summed E-state index contributed by atoms with van der Waals surface area (Å²) in [5, 5.41) is 3.17. The number of halogens is 2. The Morgan fingerprint density at radius 3 is 2.86 bits per heavy atom. The van der Waals surface area contributed by atoms with Crippen LogP contribution in [0.15, 0.2) is 18.2 Å². The van der Waals surface area contributed by atoms with Crippen molar-refractivity contribution in [1.82, 2.24) is 10.2 Å². The standard InChI is InChI=1S/C15H18ClFN2O3/c1-10(12-3-2-11(17)8-13(12)16)18-14(20)19-5-4-15(9-19)21-6-7-22-15/h2-3,8,10H,4-7,9H2,1H3,(H,18,20). The molecule has 2 fully saturated rings. The summed E-state index contributed by atoms with van der Waals surface area (Å²) in [5.74, 6) is -1.03. The molecule has 5 nitrogen and oxygen atoms in total. The largest absolute Gasteiger partial charge is 0.346 e. The summed E-state index contributed by atoms with van der Waals surface area (Å²) in [6.07, 6.45) is 0.673. The first-order valence-electron chi connectivity index (χ1n) is 7.27. The van der Waals surface area contributed by atoms with Crippen molar-refractivity contribution in [3.8, 4) is 0 Å². The van der Waals surface area contributed by atoms with Crippen molar-refractivity contribution in [3.05, 3.63) is 34.6 Å². The molecule has 2 aliphatic rings. The van der Waals surface area contributed by atoms with E-state index < -0.39 is 11.6 Å². The van der Waals surface area contributed by atoms with Gasteiger partial charge in [-0.3, -0.25) is 0 Å². The minimum atomic E-state index is -0.631. The predicted molar refractivity (Wildman–Crippen MR) is 79.2 cm³/mol. The molecule has 1 atom stereocenters. The van der Waals surface area contributed by atoms with E-state index in [4.69, 9.17) is 21.1 Å². The maximum Gasteiger partial charge on any atom is 0.318 e. The van der Waals surface area contributed by atoms with Crippen molar-refractivity contribution in [3.63, 3.8) is 0 Å². The van der Waals surface area contributed by atoms with E-state index in [9.17, 15) is 9.18 Å². The van der Waals surface area contributed by atoms with E-state index in [1.54, 1.807) is 11.0 Å². The van der Waals surface area contributed by atoms with E-state index in [-0.39, 0.29) is 12.1 Å². The molecule has 1 aromatic rings. The Kier molecular flexibility index (Phi) is 4.25. The van der Waals surface area contributed by atoms with Gasteiger partial charge in [-0.1, -0.05) is 17.7 Å². The molecule has 1 N–H and O–H groups in total. The van der Waals surface area contributed by atoms with Crippen LogP contribution < -0.4 is 5.32 Å². The lowest BCUT2D eigenvalue weighted by Crippen LogP contribution is -2.42. The third-order valence-corrected chi connectivity index (χ3v) is 4.39. The van der Waals surface area contributed by atoms with Gasteiger partial charge in [-0.25, -0.2) is 9.18 Å². The minimum absolute atomic E-state index is 0.205. The van der Waals surface area contributed by atoms with Crippen molar-refractivity contribution in [1.29, 1.82) is 0 Å². The van der Waals surface area contributed by atoms with Gasteiger partial charge in [0.2, 0.25) is 0 Å². The number of hydrogen-bond acceptors (Lipinski definition) is 3. The average Bonchev–Trinajstić information content (AvgIpc) is 3.09. The van der Waals surface area contributed by atoms with Crippen molar-refractivity contribution < 1.29 is 18.7 Å². The number of rotatable bonds is 2. The van der Waals surface area contributed by atoms with E-state index in [0.717, 1.165) is 0 Å². The Morgan fingerprint density at radius 1 is 1.45 bits per heavy atom. The zero-order valence-electron chi connectivity index (χ0n) is 12.3. The molecule has 0 bridgehead atoms. The second-order valence-corrected chi connectivity index (χ2v) is 6.02. The van der Waals surface area contributed by atoms with Gasteiger partial charge in [0.05, 0.1) is 25.8 Å². The van der Waals surface area contributed by atoms with E-state index in [1.807, 2.05) is 6.92 Å². The van der Waals surface area contributed by atoms with Crippen LogP contribution in [0, 0.1) is 5.82 Å². The number of amides is 2. The van der Waals surface area contributed by atoms with E-state index in [0.29, 0.717) is 43.3 Å². The van der Waals surface area contributed by atoms with Gasteiger partial charge >= 0.3 is 6.03 Å². The van der Waals surface area contributed by atoms with Crippen LogP contribution in [-0.4, -0.2) is 43.0 Å². The Balaban J connectivity index is 1.62. The van der Waals surface area contributed by atoms with Crippen LogP contribution in [-0.2, 0) is 9.47 Å². The number of nitrogens with zero attached hydrogens (tertiary/aromatic N) is 1. The summed E-state index contributed by atoms with van der Waals surface area (Å²) in [7, 11) is 0. The van der Waals surface area contributed by atoms with Gasteiger partial charge in [0.25, 0.3) is 0 Å². The minimum Gasteiger partial charge on any atom is -0.346 e. The Morgan fingerprint density at radius 2 is 2.18 bits per heavy atom. The maximum absolute atomic E-state index is 13.1. The number of carbonyl (C=O) groups is 1. The highest BCUT2D eigenvalue weighted by molar-refractivity contribution is 6.31. The van der Waals surface area contributed by atoms with E-state index in [1.165, 1.54) is 12.1 Å². The smallest absolute Gasteiger partial charge is 0.318 e. The summed E-state index contributed by atoms with van der Waals surface area (Å²) < 4.78 is 24.3. The van der Waals surface area contributed by atoms with Crippen LogP contribution in [0.1, 0.15) is 24.9 Å². The van der Waals surface area contributed by atoms with Gasteiger partial charge in [0.15, 0.2) is 5.79 Å². The summed E-state index contributed by atoms with van der Waals surface area (Å²) in [4.78, 5) is 14.0. The lowest BCUT2D eigenvalue weighted by molar-refractivity contribution is -0.143. The lowest BCUT2D eigenvalue weighted by atomic mass is 10.1. The van der Waals surface area contributed by atoms with Crippen molar-refractivity contribution in [2.45, 2.75) is 25.2 Å². The Bertz CT molecular complexity index is 578. The molecule has 0 radical (unpaired) electrons. The Hall–Kier alpha value is -1.37. The van der Waals surface area contributed by atoms with Gasteiger partial charge in [0.1, 0.15) is 5.82 Å². The first-order valence-corrected chi connectivity index (χ1v) is 7.65. The molecule has 0 saturated carbocycles. The van der Waals surface area contributed by atoms with Crippen LogP contribution in [0.5, 0.6) is 0 Å². The number of nitrogens with one attached hydrogen (secondary N) is 1. The summed E-state index contributed by atoms with van der Waals surface area (Å²) in [5.41, 5.74) is 0.679. The first kappa shape index (κ1) is 15.5. The highest BCUT2D eigenvalue weighted by atomic mass is 35.5. The molecule has 7 heteroatoms. The summed E-state index contributed by atoms with van der Waals surface area (Å²) in [6, 6.07) is 3.63. The summed E-state index contributed by atoms with van der Waals surface area (Å²) >= 11 is 6.02. The van der Waals surface area contributed by atoms with Gasteiger partial charge in [-0.05, 0) is 24.6 Å². The molecule has 2 heterocycles. The second kappa shape index (κ2) is 6.02. The molecule has 22 heavy (non-hydrogen) atoms. The number of urea groups is 1. The molecule has 1 spiro atoms. The van der Waals surface area contributed by atoms with Crippen LogP contribution in [0.3, 0.4) is 0 Å². The van der Waals surface area contributed by atoms with Gasteiger partial charge in [-0.2, -0.15) is 0 Å². The zero-order valence-corrected chi connectivity index (χ0v) is 13.0. The van der Waals surface area contributed by atoms with Crippen LogP contribution in [0.2, 0.25) is 5.02 Å². The SMILES string of the molecule is CC(NC(=O)N1CCC2(C1)OCCO2)c1ccc(F)cc1Cl. The van der Waals surface area contributed by atoms with Crippen LogP contribution >= 0.6 is 11.6 Å². The fourth-order valence-corrected chi connectivity index (χ4v) is 3.20. The second-order valence-electron chi connectivity index (χ2n) is 5.62. The highest BCUT2D eigenvalue weighted by Gasteiger charge is 2.44. The molecular formula is C15H18ClFN2O3. The molecule has 0 aliphatic carbocycles. The third kappa shape index (κ3) is 3.04. The topological polar surface area (TPSA) is 50.8 Å². The number of ether oxygens (including phenoxy) is 2. The van der Waals surface area contributed by atoms with E-state index >= 15 is 0 Å². The highest BCUT2D eigenvalue weighted by Crippen LogP contribution is 2.31. The number of likely N-dealkylation sites (tertiary alicyclic amines) is 1. The summed E-state index contributed by atoms with van der Waals surface area (Å²) in [6.45, 7) is 3.94. The first-order chi connectivity index (χ1) is 10.5. The van der Waals surface area contributed by atoms with Gasteiger partial charge in [0, 0.05) is 18.0 Å². The van der Waals surface area contributed by atoms with Crippen LogP contribution in [0.25, 0.3) is 0 Å². The molecule has 1 aromatic carbocycles. The molecule has 2 saturated heterocycles. The van der Waals surface area contributed by atoms with Crippen molar-refractivity contribution in [2.24, 2.45) is 0 Å². The monoisotopic (exact) mass is 328 g/mol. The van der Waals surface area contributed by atoms with Gasteiger partial charge < -0.3 is 19.7 Å².